The number of hydrogen-bond donors (Lipinski definition) is 1. The van der Waals surface area contributed by atoms with Gasteiger partial charge in [0, 0.05) is 31.0 Å². The number of carbonyl (C=O) groups excluding carboxylic acids is 1. The Morgan fingerprint density at radius 1 is 1.04 bits per heavy atom. The molecular formula is C18H22N2O3S. The number of benzene rings is 2. The third-order valence-corrected chi connectivity index (χ3v) is 5.86. The third-order valence-electron chi connectivity index (χ3n) is 3.69. The van der Waals surface area contributed by atoms with Crippen molar-refractivity contribution in [1.29, 1.82) is 0 Å². The summed E-state index contributed by atoms with van der Waals surface area (Å²) in [5, 5.41) is 2.30. The molecule has 0 aliphatic carbocycles. The van der Waals surface area contributed by atoms with E-state index in [0.717, 1.165) is 5.69 Å². The first-order valence-electron chi connectivity index (χ1n) is 7.64. The molecule has 0 fully saturated rings. The Morgan fingerprint density at radius 3 is 2.21 bits per heavy atom. The largest absolute Gasteiger partial charge is 0.378 e. The van der Waals surface area contributed by atoms with Crippen LogP contribution in [0.25, 0.3) is 0 Å². The lowest BCUT2D eigenvalue weighted by molar-refractivity contribution is 0.102. The molecule has 2 aromatic rings. The Kier molecular flexibility index (Phi) is 5.29. The van der Waals surface area contributed by atoms with Crippen LogP contribution < -0.4 is 10.2 Å². The summed E-state index contributed by atoms with van der Waals surface area (Å²) >= 11 is 0. The van der Waals surface area contributed by atoms with E-state index in [2.05, 4.69) is 5.32 Å². The van der Waals surface area contributed by atoms with Gasteiger partial charge >= 0.3 is 0 Å². The van der Waals surface area contributed by atoms with Gasteiger partial charge in [-0.05, 0) is 56.3 Å². The van der Waals surface area contributed by atoms with Gasteiger partial charge in [-0.15, -0.1) is 0 Å². The maximum atomic E-state index is 12.3. The van der Waals surface area contributed by atoms with Gasteiger partial charge in [-0.2, -0.15) is 0 Å². The smallest absolute Gasteiger partial charge is 0.255 e. The number of nitrogens with one attached hydrogen (secondary N) is 1. The Bertz CT molecular complexity index is 826. The van der Waals surface area contributed by atoms with E-state index in [-0.39, 0.29) is 10.8 Å². The molecule has 1 amide bonds. The number of rotatable bonds is 5. The van der Waals surface area contributed by atoms with Gasteiger partial charge < -0.3 is 10.2 Å². The van der Waals surface area contributed by atoms with Crippen LogP contribution in [0.3, 0.4) is 0 Å². The summed E-state index contributed by atoms with van der Waals surface area (Å²) in [6.45, 7) is 3.28. The van der Waals surface area contributed by atoms with Gasteiger partial charge in [-0.1, -0.05) is 6.07 Å². The zero-order valence-corrected chi connectivity index (χ0v) is 15.1. The van der Waals surface area contributed by atoms with Crippen molar-refractivity contribution in [1.82, 2.24) is 0 Å². The van der Waals surface area contributed by atoms with Crippen LogP contribution in [0.5, 0.6) is 0 Å². The fourth-order valence-electron chi connectivity index (χ4n) is 2.13. The molecule has 0 bridgehead atoms. The van der Waals surface area contributed by atoms with Crippen LogP contribution in [0, 0.1) is 0 Å². The Labute approximate surface area is 143 Å². The normalized spacial score (nSPS) is 11.4. The molecule has 0 unspecified atom stereocenters. The van der Waals surface area contributed by atoms with Gasteiger partial charge in [0.15, 0.2) is 9.84 Å². The van der Waals surface area contributed by atoms with E-state index < -0.39 is 15.1 Å². The third kappa shape index (κ3) is 3.94. The summed E-state index contributed by atoms with van der Waals surface area (Å²) in [4.78, 5) is 14.5. The summed E-state index contributed by atoms with van der Waals surface area (Å²) in [5.41, 5.74) is 2.03. The monoisotopic (exact) mass is 346 g/mol. The van der Waals surface area contributed by atoms with Crippen molar-refractivity contribution in [3.05, 3.63) is 54.1 Å². The molecule has 0 aliphatic rings. The summed E-state index contributed by atoms with van der Waals surface area (Å²) in [7, 11) is 0.508. The van der Waals surface area contributed by atoms with Crippen LogP contribution in [0.1, 0.15) is 24.2 Å². The number of anilines is 2. The van der Waals surface area contributed by atoms with Gasteiger partial charge in [0.2, 0.25) is 0 Å². The number of carbonyl (C=O) groups is 1. The maximum Gasteiger partial charge on any atom is 0.255 e. The second kappa shape index (κ2) is 7.05. The maximum absolute atomic E-state index is 12.3. The lowest BCUT2D eigenvalue weighted by Crippen LogP contribution is -2.15. The summed E-state index contributed by atoms with van der Waals surface area (Å²) in [6, 6.07) is 13.5. The molecule has 2 rings (SSSR count). The molecule has 5 nitrogen and oxygen atoms in total. The van der Waals surface area contributed by atoms with Crippen LogP contribution in [-0.4, -0.2) is 33.7 Å². The zero-order chi connectivity index (χ0) is 17.9. The van der Waals surface area contributed by atoms with Crippen molar-refractivity contribution in [2.24, 2.45) is 0 Å². The lowest BCUT2D eigenvalue weighted by atomic mass is 10.1. The molecule has 0 saturated carbocycles. The molecule has 2 aromatic carbocycles. The second-order valence-electron chi connectivity index (χ2n) is 6.02. The minimum Gasteiger partial charge on any atom is -0.378 e. The van der Waals surface area contributed by atoms with Gasteiger partial charge in [0.1, 0.15) is 0 Å². The van der Waals surface area contributed by atoms with Gasteiger partial charge in [-0.25, -0.2) is 8.42 Å². The van der Waals surface area contributed by atoms with Crippen LogP contribution in [0.2, 0.25) is 0 Å². The first-order chi connectivity index (χ1) is 11.2. The number of sulfone groups is 1. The summed E-state index contributed by atoms with van der Waals surface area (Å²) < 4.78 is 24.2. The van der Waals surface area contributed by atoms with Crippen molar-refractivity contribution in [3.8, 4) is 0 Å². The van der Waals surface area contributed by atoms with Gasteiger partial charge in [-0.3, -0.25) is 4.79 Å². The summed E-state index contributed by atoms with van der Waals surface area (Å²) in [6.07, 6.45) is 0. The number of nitrogens with zero attached hydrogens (tertiary/aromatic N) is 1. The second-order valence-corrected chi connectivity index (χ2v) is 8.52. The molecule has 128 valence electrons. The average Bonchev–Trinajstić information content (AvgIpc) is 2.55. The number of hydrogen-bond acceptors (Lipinski definition) is 4. The molecule has 0 heterocycles. The van der Waals surface area contributed by atoms with E-state index in [1.807, 2.05) is 31.1 Å². The first kappa shape index (κ1) is 18.0. The Morgan fingerprint density at radius 2 is 1.67 bits per heavy atom. The highest BCUT2D eigenvalue weighted by Gasteiger charge is 2.18. The fraction of sp³-hybridized carbons (Fsp3) is 0.278. The molecule has 0 atom stereocenters. The van der Waals surface area contributed by atoms with E-state index in [4.69, 9.17) is 0 Å². The van der Waals surface area contributed by atoms with Gasteiger partial charge in [0.25, 0.3) is 5.91 Å². The van der Waals surface area contributed by atoms with Crippen LogP contribution >= 0.6 is 0 Å². The quantitative estimate of drug-likeness (QED) is 0.903. The molecular weight excluding hydrogens is 324 g/mol. The SMILES string of the molecule is CC(C)S(=O)(=O)c1ccc(NC(=O)c2cccc(N(C)C)c2)cc1. The number of amides is 1. The molecule has 0 aliphatic heterocycles. The highest BCUT2D eigenvalue weighted by Crippen LogP contribution is 2.20. The average molecular weight is 346 g/mol. The molecule has 1 N–H and O–H groups in total. The minimum absolute atomic E-state index is 0.238. The van der Waals surface area contributed by atoms with Crippen molar-refractivity contribution in [2.45, 2.75) is 24.0 Å². The lowest BCUT2D eigenvalue weighted by Gasteiger charge is -2.13. The molecule has 0 aromatic heterocycles. The molecule has 0 radical (unpaired) electrons. The predicted octanol–water partition coefficient (Wildman–Crippen LogP) is 3.19. The fourth-order valence-corrected chi connectivity index (χ4v) is 3.19. The molecule has 6 heteroatoms. The van der Waals surface area contributed by atoms with Gasteiger partial charge in [0.05, 0.1) is 10.1 Å². The van der Waals surface area contributed by atoms with Crippen LogP contribution in [0.15, 0.2) is 53.4 Å². The van der Waals surface area contributed by atoms with E-state index in [9.17, 15) is 13.2 Å². The molecule has 24 heavy (non-hydrogen) atoms. The van der Waals surface area contributed by atoms with E-state index in [1.54, 1.807) is 38.1 Å². The predicted molar refractivity (Wildman–Crippen MR) is 97.5 cm³/mol. The van der Waals surface area contributed by atoms with Crippen molar-refractivity contribution in [2.75, 3.05) is 24.3 Å². The first-order valence-corrected chi connectivity index (χ1v) is 9.19. The zero-order valence-electron chi connectivity index (χ0n) is 14.3. The molecule has 0 spiro atoms. The standard InChI is InChI=1S/C18H22N2O3S/c1-13(2)24(22,23)17-10-8-15(9-11-17)19-18(21)14-6-5-7-16(12-14)20(3)4/h5-13H,1-4H3,(H,19,21). The van der Waals surface area contributed by atoms with E-state index in [1.165, 1.54) is 12.1 Å². The van der Waals surface area contributed by atoms with Crippen molar-refractivity contribution >= 4 is 27.1 Å². The Balaban J connectivity index is 2.17. The van der Waals surface area contributed by atoms with E-state index in [0.29, 0.717) is 11.3 Å². The topological polar surface area (TPSA) is 66.5 Å². The van der Waals surface area contributed by atoms with Crippen LogP contribution in [0.4, 0.5) is 11.4 Å². The Hall–Kier alpha value is -2.34. The highest BCUT2D eigenvalue weighted by atomic mass is 32.2. The van der Waals surface area contributed by atoms with Crippen molar-refractivity contribution < 1.29 is 13.2 Å². The minimum atomic E-state index is -3.31. The van der Waals surface area contributed by atoms with Crippen molar-refractivity contribution in [3.63, 3.8) is 0 Å². The van der Waals surface area contributed by atoms with Crippen LogP contribution in [-0.2, 0) is 9.84 Å². The highest BCUT2D eigenvalue weighted by molar-refractivity contribution is 7.92. The summed E-state index contributed by atoms with van der Waals surface area (Å²) in [5.74, 6) is -0.238. The van der Waals surface area contributed by atoms with E-state index >= 15 is 0 Å². The molecule has 0 saturated heterocycles.